The second-order valence-electron chi connectivity index (χ2n) is 3.99. The first-order chi connectivity index (χ1) is 7.47. The highest BCUT2D eigenvalue weighted by atomic mass is 19.4. The van der Waals surface area contributed by atoms with Crippen LogP contribution in [0.2, 0.25) is 0 Å². The number of phenolic OH excluding ortho intramolecular Hbond substituents is 1. The largest absolute Gasteiger partial charge is 0.508 e. The molecule has 0 aromatic heterocycles. The maximum absolute atomic E-state index is 12.7. The molecule has 16 heavy (non-hydrogen) atoms. The number of aromatic hydroxyl groups is 1. The third kappa shape index (κ3) is 2.66. The highest BCUT2D eigenvalue weighted by Gasteiger charge is 2.45. The van der Waals surface area contributed by atoms with Crippen molar-refractivity contribution in [1.82, 2.24) is 4.90 Å². The van der Waals surface area contributed by atoms with Crippen molar-refractivity contribution >= 4 is 0 Å². The van der Waals surface area contributed by atoms with E-state index in [0.717, 1.165) is 0 Å². The van der Waals surface area contributed by atoms with Crippen molar-refractivity contribution in [3.8, 4) is 5.75 Å². The van der Waals surface area contributed by atoms with Crippen LogP contribution in [0.3, 0.4) is 0 Å². The Bertz CT molecular complexity index is 356. The van der Waals surface area contributed by atoms with Gasteiger partial charge in [-0.2, -0.15) is 13.2 Å². The van der Waals surface area contributed by atoms with Gasteiger partial charge in [-0.05, 0) is 30.5 Å². The molecular formula is C11H12F3NO. The highest BCUT2D eigenvalue weighted by molar-refractivity contribution is 5.26. The number of benzene rings is 1. The number of rotatable bonds is 3. The first-order valence-corrected chi connectivity index (χ1v) is 5.08. The summed E-state index contributed by atoms with van der Waals surface area (Å²) in [5.74, 6) is 0.0636. The van der Waals surface area contributed by atoms with Crippen LogP contribution in [0.25, 0.3) is 0 Å². The summed E-state index contributed by atoms with van der Waals surface area (Å²) >= 11 is 0. The monoisotopic (exact) mass is 231 g/mol. The number of hydrogen-bond donors (Lipinski definition) is 1. The van der Waals surface area contributed by atoms with Crippen molar-refractivity contribution < 1.29 is 18.3 Å². The van der Waals surface area contributed by atoms with Gasteiger partial charge >= 0.3 is 6.30 Å². The summed E-state index contributed by atoms with van der Waals surface area (Å²) in [7, 11) is 0. The van der Waals surface area contributed by atoms with E-state index in [1.807, 2.05) is 0 Å². The molecule has 2 rings (SSSR count). The summed E-state index contributed by atoms with van der Waals surface area (Å²) in [5.41, 5.74) is 0.557. The molecule has 0 aliphatic heterocycles. The van der Waals surface area contributed by atoms with Gasteiger partial charge in [0.2, 0.25) is 0 Å². The van der Waals surface area contributed by atoms with E-state index in [4.69, 9.17) is 5.11 Å². The summed E-state index contributed by atoms with van der Waals surface area (Å²) in [6.07, 6.45) is -3.06. The van der Waals surface area contributed by atoms with Crippen molar-refractivity contribution in [2.45, 2.75) is 31.7 Å². The second-order valence-corrected chi connectivity index (χ2v) is 3.99. The standard InChI is InChI=1S/C11H12F3NO/c12-11(13,14)15(9-3-4-9)7-8-1-5-10(16)6-2-8/h1-2,5-6,9,16H,3-4,7H2. The van der Waals surface area contributed by atoms with Crippen LogP contribution < -0.4 is 0 Å². The summed E-state index contributed by atoms with van der Waals surface area (Å²) in [4.78, 5) is 0.555. The molecule has 0 amide bonds. The van der Waals surface area contributed by atoms with Crippen LogP contribution in [0.15, 0.2) is 24.3 Å². The molecule has 1 aliphatic carbocycles. The molecule has 0 radical (unpaired) electrons. The van der Waals surface area contributed by atoms with Crippen LogP contribution in [0, 0.1) is 0 Å². The van der Waals surface area contributed by atoms with Crippen LogP contribution in [0.4, 0.5) is 13.2 Å². The van der Waals surface area contributed by atoms with E-state index >= 15 is 0 Å². The van der Waals surface area contributed by atoms with E-state index in [1.54, 1.807) is 0 Å². The Hall–Kier alpha value is -1.23. The Morgan fingerprint density at radius 3 is 2.19 bits per heavy atom. The van der Waals surface area contributed by atoms with Gasteiger partial charge in [-0.3, -0.25) is 0 Å². The van der Waals surface area contributed by atoms with Crippen molar-refractivity contribution in [3.63, 3.8) is 0 Å². The van der Waals surface area contributed by atoms with E-state index in [0.29, 0.717) is 23.3 Å². The molecule has 88 valence electrons. The first kappa shape index (κ1) is 11.3. The molecule has 0 atom stereocenters. The lowest BCUT2D eigenvalue weighted by Gasteiger charge is -2.24. The topological polar surface area (TPSA) is 23.5 Å². The van der Waals surface area contributed by atoms with Gasteiger partial charge in [0.05, 0.1) is 0 Å². The lowest BCUT2D eigenvalue weighted by Crippen LogP contribution is -2.39. The van der Waals surface area contributed by atoms with Gasteiger partial charge in [0.15, 0.2) is 0 Å². The van der Waals surface area contributed by atoms with Gasteiger partial charge in [-0.1, -0.05) is 12.1 Å². The summed E-state index contributed by atoms with van der Waals surface area (Å²) in [6, 6.07) is 5.45. The fraction of sp³-hybridized carbons (Fsp3) is 0.455. The Labute approximate surface area is 91.3 Å². The normalized spacial score (nSPS) is 16.8. The Balaban J connectivity index is 2.08. The van der Waals surface area contributed by atoms with Gasteiger partial charge in [0, 0.05) is 12.6 Å². The fourth-order valence-electron chi connectivity index (χ4n) is 1.61. The van der Waals surface area contributed by atoms with Crippen LogP contribution in [-0.2, 0) is 6.54 Å². The number of phenols is 1. The van der Waals surface area contributed by atoms with Crippen molar-refractivity contribution in [2.75, 3.05) is 0 Å². The zero-order chi connectivity index (χ0) is 11.8. The maximum atomic E-state index is 12.7. The van der Waals surface area contributed by atoms with Gasteiger partial charge in [0.1, 0.15) is 5.75 Å². The number of hydrogen-bond acceptors (Lipinski definition) is 2. The SMILES string of the molecule is Oc1ccc(CN(C2CC2)C(F)(F)F)cc1. The molecule has 0 unspecified atom stereocenters. The van der Waals surface area contributed by atoms with Crippen LogP contribution in [0.1, 0.15) is 18.4 Å². The first-order valence-electron chi connectivity index (χ1n) is 5.08. The van der Waals surface area contributed by atoms with Crippen LogP contribution in [-0.4, -0.2) is 22.3 Å². The third-order valence-corrected chi connectivity index (χ3v) is 2.60. The molecule has 1 aliphatic rings. The molecule has 0 heterocycles. The predicted molar refractivity (Wildman–Crippen MR) is 52.7 cm³/mol. The molecule has 5 heteroatoms. The van der Waals surface area contributed by atoms with E-state index in [9.17, 15) is 13.2 Å². The zero-order valence-electron chi connectivity index (χ0n) is 8.54. The van der Waals surface area contributed by atoms with E-state index < -0.39 is 6.30 Å². The number of alkyl halides is 3. The average Bonchev–Trinajstić information content (AvgIpc) is 2.98. The van der Waals surface area contributed by atoms with Gasteiger partial charge in [-0.25, -0.2) is 4.90 Å². The zero-order valence-corrected chi connectivity index (χ0v) is 8.54. The molecule has 0 saturated heterocycles. The molecular weight excluding hydrogens is 219 g/mol. The molecule has 1 N–H and O–H groups in total. The van der Waals surface area contributed by atoms with Crippen molar-refractivity contribution in [1.29, 1.82) is 0 Å². The minimum atomic E-state index is -4.28. The average molecular weight is 231 g/mol. The van der Waals surface area contributed by atoms with Crippen LogP contribution in [0.5, 0.6) is 5.75 Å². The number of halogens is 3. The number of nitrogens with zero attached hydrogens (tertiary/aromatic N) is 1. The lowest BCUT2D eigenvalue weighted by atomic mass is 10.2. The van der Waals surface area contributed by atoms with Gasteiger partial charge < -0.3 is 5.11 Å². The predicted octanol–water partition coefficient (Wildman–Crippen LogP) is 2.88. The molecule has 1 fully saturated rings. The van der Waals surface area contributed by atoms with E-state index in [1.165, 1.54) is 24.3 Å². The molecule has 0 bridgehead atoms. The van der Waals surface area contributed by atoms with Gasteiger partial charge in [0.25, 0.3) is 0 Å². The van der Waals surface area contributed by atoms with Gasteiger partial charge in [-0.15, -0.1) is 0 Å². The van der Waals surface area contributed by atoms with Crippen molar-refractivity contribution in [3.05, 3.63) is 29.8 Å². The van der Waals surface area contributed by atoms with E-state index in [-0.39, 0.29) is 18.3 Å². The summed E-state index contributed by atoms with van der Waals surface area (Å²) < 4.78 is 38.0. The Morgan fingerprint density at radius 1 is 1.19 bits per heavy atom. The lowest BCUT2D eigenvalue weighted by molar-refractivity contribution is -0.253. The van der Waals surface area contributed by atoms with Crippen molar-refractivity contribution in [2.24, 2.45) is 0 Å². The minimum absolute atomic E-state index is 0.0636. The molecule has 1 aromatic carbocycles. The Kier molecular flexibility index (Phi) is 2.80. The Morgan fingerprint density at radius 2 is 1.75 bits per heavy atom. The smallest absolute Gasteiger partial charge is 0.460 e. The summed E-state index contributed by atoms with van der Waals surface area (Å²) in [6.45, 7) is -0.144. The fourth-order valence-corrected chi connectivity index (χ4v) is 1.61. The molecule has 0 spiro atoms. The molecule has 2 nitrogen and oxygen atoms in total. The third-order valence-electron chi connectivity index (χ3n) is 2.60. The van der Waals surface area contributed by atoms with Crippen LogP contribution >= 0.6 is 0 Å². The summed E-state index contributed by atoms with van der Waals surface area (Å²) in [5, 5.41) is 9.04. The molecule has 1 aromatic rings. The molecule has 1 saturated carbocycles. The second kappa shape index (κ2) is 3.97. The quantitative estimate of drug-likeness (QED) is 0.808. The minimum Gasteiger partial charge on any atom is -0.508 e. The highest BCUT2D eigenvalue weighted by Crippen LogP contribution is 2.36. The maximum Gasteiger partial charge on any atom is 0.460 e. The van der Waals surface area contributed by atoms with E-state index in [2.05, 4.69) is 0 Å².